The highest BCUT2D eigenvalue weighted by Gasteiger charge is 2.85. The lowest BCUT2D eigenvalue weighted by molar-refractivity contribution is -0.263. The quantitative estimate of drug-likeness (QED) is 0.618. The molecule has 2 aliphatic carbocycles. The van der Waals surface area contributed by atoms with E-state index in [0.29, 0.717) is 6.42 Å². The van der Waals surface area contributed by atoms with Crippen LogP contribution in [0.15, 0.2) is 0 Å². The van der Waals surface area contributed by atoms with Crippen molar-refractivity contribution >= 4 is 11.9 Å². The van der Waals surface area contributed by atoms with E-state index in [4.69, 9.17) is 9.47 Å². The third-order valence-electron chi connectivity index (χ3n) is 7.00. The molecule has 2 saturated heterocycles. The minimum atomic E-state index is -1.99. The third kappa shape index (κ3) is 1.07. The van der Waals surface area contributed by atoms with Crippen LogP contribution in [0.5, 0.6) is 0 Å². The average molecular weight is 296 g/mol. The number of ether oxygens (including phenoxy) is 2. The molecule has 2 saturated carbocycles. The van der Waals surface area contributed by atoms with Gasteiger partial charge in [-0.2, -0.15) is 0 Å². The van der Waals surface area contributed by atoms with Gasteiger partial charge in [0.25, 0.3) is 0 Å². The highest BCUT2D eigenvalue weighted by Crippen LogP contribution is 2.73. The molecule has 2 N–H and O–H groups in total. The standard InChI is InChI=1S/C15H20O6/c1-8-3-4-14-12(2)7-20-11(18)15(12,19)9(16)5-13(8,14)6-10(17)21-14/h8-9,16,19H,3-7H2,1-2H3/t8-,9-,12+,13?,14-,15-/m1/s1. The van der Waals surface area contributed by atoms with Crippen molar-refractivity contribution < 1.29 is 29.3 Å². The number of aliphatic hydroxyl groups excluding tert-OH is 1. The van der Waals surface area contributed by atoms with Gasteiger partial charge in [-0.1, -0.05) is 6.92 Å². The molecule has 0 bridgehead atoms. The molecule has 6 heteroatoms. The lowest BCUT2D eigenvalue weighted by Gasteiger charge is -2.58. The van der Waals surface area contributed by atoms with E-state index in [-0.39, 0.29) is 31.3 Å². The molecule has 1 unspecified atom stereocenters. The minimum absolute atomic E-state index is 0.0266. The maximum Gasteiger partial charge on any atom is 0.341 e. The first kappa shape index (κ1) is 13.5. The van der Waals surface area contributed by atoms with Crippen LogP contribution in [0.25, 0.3) is 0 Å². The van der Waals surface area contributed by atoms with Crippen molar-refractivity contribution in [2.45, 2.75) is 56.8 Å². The van der Waals surface area contributed by atoms with Gasteiger partial charge in [-0.05, 0) is 32.1 Å². The molecule has 0 spiro atoms. The van der Waals surface area contributed by atoms with Gasteiger partial charge in [-0.25, -0.2) is 4.79 Å². The second-order valence-corrected chi connectivity index (χ2v) is 7.47. The predicted molar refractivity (Wildman–Crippen MR) is 68.9 cm³/mol. The zero-order chi connectivity index (χ0) is 15.3. The van der Waals surface area contributed by atoms with Gasteiger partial charge < -0.3 is 19.7 Å². The third-order valence-corrected chi connectivity index (χ3v) is 7.00. The fourth-order valence-corrected chi connectivity index (χ4v) is 5.75. The first-order valence-corrected chi connectivity index (χ1v) is 7.53. The monoisotopic (exact) mass is 296 g/mol. The molecule has 0 aromatic heterocycles. The Bertz CT molecular complexity index is 560. The Hall–Kier alpha value is -1.14. The number of esters is 2. The summed E-state index contributed by atoms with van der Waals surface area (Å²) in [6, 6.07) is 0. The van der Waals surface area contributed by atoms with Crippen molar-refractivity contribution in [1.29, 1.82) is 0 Å². The van der Waals surface area contributed by atoms with Gasteiger partial charge in [-0.15, -0.1) is 0 Å². The molecule has 0 aromatic carbocycles. The molecule has 21 heavy (non-hydrogen) atoms. The van der Waals surface area contributed by atoms with Gasteiger partial charge in [0, 0.05) is 5.41 Å². The Balaban J connectivity index is 1.98. The maximum absolute atomic E-state index is 12.1. The number of carbonyl (C=O) groups excluding carboxylic acids is 2. The molecular weight excluding hydrogens is 276 g/mol. The highest BCUT2D eigenvalue weighted by atomic mass is 16.6. The molecule has 0 radical (unpaired) electrons. The van der Waals surface area contributed by atoms with Crippen LogP contribution in [0.4, 0.5) is 0 Å². The Morgan fingerprint density at radius 2 is 2.05 bits per heavy atom. The van der Waals surface area contributed by atoms with E-state index in [9.17, 15) is 19.8 Å². The Morgan fingerprint density at radius 3 is 2.76 bits per heavy atom. The number of carbonyl (C=O) groups is 2. The van der Waals surface area contributed by atoms with Gasteiger partial charge in [0.1, 0.15) is 12.2 Å². The van der Waals surface area contributed by atoms with Crippen molar-refractivity contribution in [3.8, 4) is 0 Å². The van der Waals surface area contributed by atoms with Crippen LogP contribution in [0.2, 0.25) is 0 Å². The van der Waals surface area contributed by atoms with E-state index in [2.05, 4.69) is 6.92 Å². The number of cyclic esters (lactones) is 1. The summed E-state index contributed by atoms with van der Waals surface area (Å²) in [4.78, 5) is 24.2. The predicted octanol–water partition coefficient (Wildman–Crippen LogP) is 0.147. The zero-order valence-electron chi connectivity index (χ0n) is 12.2. The highest BCUT2D eigenvalue weighted by molar-refractivity contribution is 5.86. The number of aliphatic hydroxyl groups is 2. The summed E-state index contributed by atoms with van der Waals surface area (Å²) in [5, 5.41) is 21.5. The van der Waals surface area contributed by atoms with Crippen LogP contribution in [-0.2, 0) is 19.1 Å². The van der Waals surface area contributed by atoms with Crippen LogP contribution in [0, 0.1) is 16.7 Å². The second-order valence-electron chi connectivity index (χ2n) is 7.47. The van der Waals surface area contributed by atoms with Gasteiger partial charge in [-0.3, -0.25) is 4.79 Å². The summed E-state index contributed by atoms with van der Waals surface area (Å²) in [6.07, 6.45) is 0.648. The molecule has 6 nitrogen and oxygen atoms in total. The van der Waals surface area contributed by atoms with Crippen LogP contribution in [0.1, 0.15) is 39.5 Å². The summed E-state index contributed by atoms with van der Waals surface area (Å²) in [5.41, 5.74) is -4.54. The molecular formula is C15H20O6. The molecule has 4 fully saturated rings. The molecule has 116 valence electrons. The van der Waals surface area contributed by atoms with Gasteiger partial charge in [0.15, 0.2) is 0 Å². The molecule has 0 amide bonds. The van der Waals surface area contributed by atoms with Crippen LogP contribution in [-0.4, -0.2) is 46.1 Å². The second kappa shape index (κ2) is 3.43. The number of rotatable bonds is 0. The van der Waals surface area contributed by atoms with Crippen LogP contribution in [0.3, 0.4) is 0 Å². The van der Waals surface area contributed by atoms with Gasteiger partial charge in [0.05, 0.1) is 17.9 Å². The molecule has 0 aromatic rings. The van der Waals surface area contributed by atoms with E-state index in [1.807, 2.05) is 0 Å². The maximum atomic E-state index is 12.1. The Morgan fingerprint density at radius 1 is 1.33 bits per heavy atom. The average Bonchev–Trinajstić information content (AvgIpc) is 2.95. The van der Waals surface area contributed by atoms with E-state index in [1.165, 1.54) is 0 Å². The van der Waals surface area contributed by atoms with Crippen molar-refractivity contribution in [3.05, 3.63) is 0 Å². The van der Waals surface area contributed by atoms with Gasteiger partial charge in [0.2, 0.25) is 5.60 Å². The normalized spacial score (nSPS) is 58.3. The number of fused-ring (bicyclic) bond motifs is 1. The van der Waals surface area contributed by atoms with Crippen LogP contribution < -0.4 is 0 Å². The number of hydrogen-bond acceptors (Lipinski definition) is 6. The SMILES string of the molecule is C[C@@H]1CC[C@]23OC(=O)CC12C[C@@H](O)[C@@]1(O)C(=O)OC[C@@]31C. The Kier molecular flexibility index (Phi) is 2.21. The lowest BCUT2D eigenvalue weighted by Crippen LogP contribution is -2.74. The van der Waals surface area contributed by atoms with Crippen molar-refractivity contribution in [1.82, 2.24) is 0 Å². The zero-order valence-corrected chi connectivity index (χ0v) is 12.2. The summed E-state index contributed by atoms with van der Waals surface area (Å²) in [7, 11) is 0. The Labute approximate surface area is 122 Å². The topological polar surface area (TPSA) is 93.1 Å². The van der Waals surface area contributed by atoms with Crippen molar-refractivity contribution in [3.63, 3.8) is 0 Å². The van der Waals surface area contributed by atoms with Crippen LogP contribution >= 0.6 is 0 Å². The van der Waals surface area contributed by atoms with Crippen molar-refractivity contribution in [2.24, 2.45) is 16.7 Å². The summed E-state index contributed by atoms with van der Waals surface area (Å²) >= 11 is 0. The van der Waals surface area contributed by atoms with Gasteiger partial charge >= 0.3 is 11.9 Å². The number of hydrogen-bond donors (Lipinski definition) is 2. The van der Waals surface area contributed by atoms with Crippen molar-refractivity contribution in [2.75, 3.05) is 6.61 Å². The summed E-state index contributed by atoms with van der Waals surface area (Å²) in [5.74, 6) is -0.919. The molecule has 2 heterocycles. The first-order valence-electron chi connectivity index (χ1n) is 7.53. The first-order chi connectivity index (χ1) is 9.73. The van der Waals surface area contributed by atoms with E-state index in [0.717, 1.165) is 6.42 Å². The fourth-order valence-electron chi connectivity index (χ4n) is 5.75. The summed E-state index contributed by atoms with van der Waals surface area (Å²) in [6.45, 7) is 3.74. The minimum Gasteiger partial charge on any atom is -0.463 e. The summed E-state index contributed by atoms with van der Waals surface area (Å²) < 4.78 is 10.9. The van der Waals surface area contributed by atoms with E-state index < -0.39 is 34.1 Å². The lowest BCUT2D eigenvalue weighted by atomic mass is 9.46. The van der Waals surface area contributed by atoms with E-state index in [1.54, 1.807) is 6.92 Å². The largest absolute Gasteiger partial charge is 0.463 e. The smallest absolute Gasteiger partial charge is 0.341 e. The molecule has 4 rings (SSSR count). The fraction of sp³-hybridized carbons (Fsp3) is 0.867. The molecule has 4 aliphatic rings. The molecule has 2 aliphatic heterocycles. The molecule has 6 atom stereocenters. The van der Waals surface area contributed by atoms with E-state index >= 15 is 0 Å².